The van der Waals surface area contributed by atoms with Gasteiger partial charge in [-0.05, 0) is 12.1 Å². The van der Waals surface area contributed by atoms with Crippen LogP contribution >= 0.6 is 0 Å². The summed E-state index contributed by atoms with van der Waals surface area (Å²) in [5, 5.41) is 0. The van der Waals surface area contributed by atoms with Crippen LogP contribution in [0.1, 0.15) is 12.5 Å². The average molecular weight is 191 g/mol. The van der Waals surface area contributed by atoms with E-state index in [4.69, 9.17) is 10.5 Å². The predicted molar refractivity (Wildman–Crippen MR) is 57.1 cm³/mol. The van der Waals surface area contributed by atoms with Crippen molar-refractivity contribution in [2.45, 2.75) is 18.4 Å². The maximum absolute atomic E-state index is 5.73. The first-order chi connectivity index (χ1) is 6.75. The third-order valence-corrected chi connectivity index (χ3v) is 3.52. The van der Waals surface area contributed by atoms with Gasteiger partial charge in [0.25, 0.3) is 0 Å². The first-order valence-electron chi connectivity index (χ1n) is 5.03. The molecule has 1 aliphatic carbocycles. The largest absolute Gasteiger partial charge is 0.380 e. The topological polar surface area (TPSA) is 35.2 Å². The normalized spacial score (nSPS) is 35.6. The highest BCUT2D eigenvalue weighted by molar-refractivity contribution is 5.37. The molecule has 0 heterocycles. The fourth-order valence-electron chi connectivity index (χ4n) is 2.51. The summed E-state index contributed by atoms with van der Waals surface area (Å²) in [6.45, 7) is 2.93. The maximum atomic E-state index is 5.73. The van der Waals surface area contributed by atoms with E-state index >= 15 is 0 Å². The maximum Gasteiger partial charge on any atom is 0.0718 e. The van der Waals surface area contributed by atoms with Gasteiger partial charge < -0.3 is 10.5 Å². The van der Waals surface area contributed by atoms with E-state index in [2.05, 4.69) is 31.2 Å². The van der Waals surface area contributed by atoms with Crippen molar-refractivity contribution >= 4 is 0 Å². The molecule has 2 N–H and O–H groups in total. The summed E-state index contributed by atoms with van der Waals surface area (Å²) in [4.78, 5) is 0. The van der Waals surface area contributed by atoms with Gasteiger partial charge in [-0.25, -0.2) is 0 Å². The monoisotopic (exact) mass is 191 g/mol. The molecule has 0 saturated heterocycles. The lowest BCUT2D eigenvalue weighted by atomic mass is 9.95. The summed E-state index contributed by atoms with van der Waals surface area (Å²) in [6, 6.07) is 10.5. The Morgan fingerprint density at radius 3 is 2.43 bits per heavy atom. The summed E-state index contributed by atoms with van der Waals surface area (Å²) in [5.74, 6) is 0.467. The van der Waals surface area contributed by atoms with Gasteiger partial charge in [0.1, 0.15) is 0 Å². The van der Waals surface area contributed by atoms with Crippen LogP contribution in [0.15, 0.2) is 30.3 Å². The van der Waals surface area contributed by atoms with Crippen LogP contribution in [-0.4, -0.2) is 19.8 Å². The van der Waals surface area contributed by atoms with E-state index in [9.17, 15) is 0 Å². The van der Waals surface area contributed by atoms with E-state index in [1.165, 1.54) is 5.56 Å². The fourth-order valence-corrected chi connectivity index (χ4v) is 2.51. The van der Waals surface area contributed by atoms with Crippen LogP contribution in [0, 0.1) is 5.92 Å². The first-order valence-corrected chi connectivity index (χ1v) is 5.03. The smallest absolute Gasteiger partial charge is 0.0718 e. The molecule has 0 amide bonds. The highest BCUT2D eigenvalue weighted by atomic mass is 16.5. The Hall–Kier alpha value is -0.860. The van der Waals surface area contributed by atoms with E-state index in [1.807, 2.05) is 6.07 Å². The van der Waals surface area contributed by atoms with Crippen molar-refractivity contribution in [3.8, 4) is 0 Å². The van der Waals surface area contributed by atoms with Crippen LogP contribution in [0.4, 0.5) is 0 Å². The van der Waals surface area contributed by atoms with Crippen LogP contribution in [0.5, 0.6) is 0 Å². The number of methoxy groups -OCH3 is 1. The summed E-state index contributed by atoms with van der Waals surface area (Å²) in [5.41, 5.74) is 7.20. The van der Waals surface area contributed by atoms with Crippen molar-refractivity contribution in [1.82, 2.24) is 0 Å². The number of hydrogen-bond acceptors (Lipinski definition) is 2. The lowest BCUT2D eigenvalue weighted by Crippen LogP contribution is -2.11. The van der Waals surface area contributed by atoms with Crippen molar-refractivity contribution in [3.63, 3.8) is 0 Å². The van der Waals surface area contributed by atoms with Gasteiger partial charge in [-0.15, -0.1) is 0 Å². The average Bonchev–Trinajstić information content (AvgIpc) is 2.85. The van der Waals surface area contributed by atoms with Gasteiger partial charge in [0.05, 0.1) is 6.10 Å². The van der Waals surface area contributed by atoms with Crippen molar-refractivity contribution < 1.29 is 4.74 Å². The van der Waals surface area contributed by atoms with E-state index < -0.39 is 0 Å². The summed E-state index contributed by atoms with van der Waals surface area (Å²) in [6.07, 6.45) is 0.287. The fraction of sp³-hybridized carbons (Fsp3) is 0.500. The standard InChI is InChI=1S/C12H17NO/c1-12(9-6-4-3-5-7-9)10(8-13)11(12)14-2/h3-7,10-11H,8,13H2,1-2H3/t10-,11-,12+/m1/s1. The number of rotatable bonds is 3. The molecule has 1 aromatic carbocycles. The molecule has 2 heteroatoms. The second kappa shape index (κ2) is 3.37. The number of ether oxygens (including phenoxy) is 1. The Balaban J connectivity index is 2.27. The summed E-state index contributed by atoms with van der Waals surface area (Å²) in [7, 11) is 1.77. The molecule has 1 saturated carbocycles. The Bertz CT molecular complexity index is 299. The number of benzene rings is 1. The Labute approximate surface area is 85.1 Å². The molecule has 3 atom stereocenters. The molecule has 2 rings (SSSR count). The zero-order valence-electron chi connectivity index (χ0n) is 8.73. The highest BCUT2D eigenvalue weighted by Crippen LogP contribution is 2.55. The Morgan fingerprint density at radius 2 is 2.00 bits per heavy atom. The number of nitrogens with two attached hydrogens (primary N) is 1. The summed E-state index contributed by atoms with van der Waals surface area (Å²) >= 11 is 0. The molecule has 0 unspecified atom stereocenters. The highest BCUT2D eigenvalue weighted by Gasteiger charge is 2.61. The first kappa shape index (κ1) is 9.69. The SMILES string of the molecule is CO[C@@H]1[C@@H](CN)[C@]1(C)c1ccccc1. The second-order valence-electron chi connectivity index (χ2n) is 4.15. The lowest BCUT2D eigenvalue weighted by Gasteiger charge is -2.11. The van der Waals surface area contributed by atoms with Crippen molar-refractivity contribution in [2.75, 3.05) is 13.7 Å². The molecule has 1 aromatic rings. The molecule has 2 nitrogen and oxygen atoms in total. The quantitative estimate of drug-likeness (QED) is 0.786. The van der Waals surface area contributed by atoms with Gasteiger partial charge in [-0.1, -0.05) is 37.3 Å². The van der Waals surface area contributed by atoms with E-state index in [1.54, 1.807) is 7.11 Å². The Kier molecular flexibility index (Phi) is 2.33. The molecule has 1 aliphatic rings. The molecular formula is C12H17NO. The third-order valence-electron chi connectivity index (χ3n) is 3.52. The molecule has 14 heavy (non-hydrogen) atoms. The number of hydrogen-bond donors (Lipinski definition) is 1. The van der Waals surface area contributed by atoms with Gasteiger partial charge >= 0.3 is 0 Å². The summed E-state index contributed by atoms with van der Waals surface area (Å²) < 4.78 is 5.45. The zero-order valence-corrected chi connectivity index (χ0v) is 8.73. The van der Waals surface area contributed by atoms with Crippen LogP contribution in [-0.2, 0) is 10.2 Å². The van der Waals surface area contributed by atoms with Crippen molar-refractivity contribution in [1.29, 1.82) is 0 Å². The van der Waals surface area contributed by atoms with Gasteiger partial charge in [-0.2, -0.15) is 0 Å². The second-order valence-corrected chi connectivity index (χ2v) is 4.15. The molecule has 0 aromatic heterocycles. The minimum Gasteiger partial charge on any atom is -0.380 e. The van der Waals surface area contributed by atoms with Crippen LogP contribution in [0.3, 0.4) is 0 Å². The minimum absolute atomic E-state index is 0.130. The van der Waals surface area contributed by atoms with E-state index in [0.717, 1.165) is 0 Å². The lowest BCUT2D eigenvalue weighted by molar-refractivity contribution is 0.157. The van der Waals surface area contributed by atoms with Gasteiger partial charge in [0.15, 0.2) is 0 Å². The molecule has 1 fully saturated rings. The molecule has 0 aliphatic heterocycles. The van der Waals surface area contributed by atoms with Crippen LogP contribution < -0.4 is 5.73 Å². The van der Waals surface area contributed by atoms with Gasteiger partial charge in [0.2, 0.25) is 0 Å². The molecule has 76 valence electrons. The molecule has 0 spiro atoms. The van der Waals surface area contributed by atoms with Crippen LogP contribution in [0.25, 0.3) is 0 Å². The third kappa shape index (κ3) is 1.18. The van der Waals surface area contributed by atoms with Crippen molar-refractivity contribution in [2.24, 2.45) is 11.7 Å². The van der Waals surface area contributed by atoms with E-state index in [-0.39, 0.29) is 11.5 Å². The minimum atomic E-state index is 0.130. The Morgan fingerprint density at radius 1 is 1.36 bits per heavy atom. The molecule has 0 bridgehead atoms. The van der Waals surface area contributed by atoms with Crippen LogP contribution in [0.2, 0.25) is 0 Å². The van der Waals surface area contributed by atoms with E-state index in [0.29, 0.717) is 12.5 Å². The van der Waals surface area contributed by atoms with Gasteiger partial charge in [0, 0.05) is 18.4 Å². The molecular weight excluding hydrogens is 174 g/mol. The predicted octanol–water partition coefficient (Wildman–Crippen LogP) is 1.55. The van der Waals surface area contributed by atoms with Crippen molar-refractivity contribution in [3.05, 3.63) is 35.9 Å². The molecule has 0 radical (unpaired) electrons. The zero-order chi connectivity index (χ0) is 10.2. The van der Waals surface area contributed by atoms with Gasteiger partial charge in [-0.3, -0.25) is 0 Å².